The highest BCUT2D eigenvalue weighted by atomic mass is 32.2. The van der Waals surface area contributed by atoms with Crippen molar-refractivity contribution in [3.63, 3.8) is 0 Å². The average Bonchev–Trinajstić information content (AvgIpc) is 2.09. The number of likely N-dealkylation sites (tertiary alicyclic amines) is 1. The number of carboxylic acid groups (broad SMARTS) is 1. The molecule has 2 N–H and O–H groups in total. The van der Waals surface area contributed by atoms with Crippen molar-refractivity contribution in [1.29, 1.82) is 0 Å². The van der Waals surface area contributed by atoms with Crippen LogP contribution in [0, 0.1) is 0 Å². The lowest BCUT2D eigenvalue weighted by molar-refractivity contribution is 0.0570. The zero-order valence-corrected chi connectivity index (χ0v) is 12.3. The van der Waals surface area contributed by atoms with E-state index in [1.807, 2.05) is 0 Å². The van der Waals surface area contributed by atoms with Crippen LogP contribution < -0.4 is 4.72 Å². The summed E-state index contributed by atoms with van der Waals surface area (Å²) in [7, 11) is -4.00. The van der Waals surface area contributed by atoms with Gasteiger partial charge in [0.15, 0.2) is 0 Å². The lowest BCUT2D eigenvalue weighted by Gasteiger charge is -2.36. The molecule has 1 atom stereocenters. The van der Waals surface area contributed by atoms with Gasteiger partial charge in [0, 0.05) is 12.0 Å². The highest BCUT2D eigenvalue weighted by Gasteiger charge is 2.30. The summed E-state index contributed by atoms with van der Waals surface area (Å²) in [5.74, 6) is 0. The van der Waals surface area contributed by atoms with Gasteiger partial charge in [-0.3, -0.25) is 0 Å². The van der Waals surface area contributed by atoms with Crippen LogP contribution in [0.3, 0.4) is 0 Å². The molecule has 2 amide bonds. The van der Waals surface area contributed by atoms with Gasteiger partial charge in [-0.05, 0) is 33.3 Å². The molecular weight excluding hydrogens is 288 g/mol. The third kappa shape index (κ3) is 5.08. The second kappa shape index (κ2) is 5.70. The summed E-state index contributed by atoms with van der Waals surface area (Å²) in [4.78, 5) is 23.1. The van der Waals surface area contributed by atoms with Crippen LogP contribution in [0.5, 0.6) is 0 Å². The van der Waals surface area contributed by atoms with E-state index >= 15 is 0 Å². The van der Waals surface area contributed by atoms with Crippen LogP contribution in [0.15, 0.2) is 11.5 Å². The fraction of sp³-hybridized carbons (Fsp3) is 0.636. The van der Waals surface area contributed by atoms with Crippen LogP contribution in [0.1, 0.15) is 27.2 Å². The first kappa shape index (κ1) is 16.3. The van der Waals surface area contributed by atoms with E-state index in [1.165, 1.54) is 6.08 Å². The molecule has 9 heteroatoms. The topological polar surface area (TPSA) is 113 Å². The Morgan fingerprint density at radius 3 is 2.40 bits per heavy atom. The Balaban J connectivity index is 2.58. The van der Waals surface area contributed by atoms with Crippen molar-refractivity contribution < 1.29 is 27.9 Å². The molecule has 1 heterocycles. The zero-order chi connectivity index (χ0) is 15.6. The number of hydrogen-bond donors (Lipinski definition) is 2. The molecule has 20 heavy (non-hydrogen) atoms. The Bertz CT molecular complexity index is 520. The minimum absolute atomic E-state index is 0.365. The van der Waals surface area contributed by atoms with Crippen molar-refractivity contribution in [3.8, 4) is 0 Å². The van der Waals surface area contributed by atoms with Crippen LogP contribution in [-0.2, 0) is 14.8 Å². The molecule has 1 rings (SSSR count). The van der Waals surface area contributed by atoms with E-state index in [0.29, 0.717) is 13.0 Å². The summed E-state index contributed by atoms with van der Waals surface area (Å²) in [6.07, 6.45) is -0.413. The molecule has 0 aliphatic carbocycles. The van der Waals surface area contributed by atoms with Gasteiger partial charge in [-0.1, -0.05) is 0 Å². The zero-order valence-electron chi connectivity index (χ0n) is 11.5. The maximum atomic E-state index is 11.6. The van der Waals surface area contributed by atoms with Gasteiger partial charge in [0.1, 0.15) is 5.60 Å². The molecule has 1 saturated heterocycles. The van der Waals surface area contributed by atoms with Gasteiger partial charge in [-0.15, -0.1) is 0 Å². The number of carbonyl (C=O) groups excluding carboxylic acids is 1. The molecular formula is C11H18N2O6S. The van der Waals surface area contributed by atoms with E-state index in [9.17, 15) is 18.0 Å². The summed E-state index contributed by atoms with van der Waals surface area (Å²) >= 11 is 0. The quantitative estimate of drug-likeness (QED) is 0.807. The van der Waals surface area contributed by atoms with Crippen LogP contribution in [0.4, 0.5) is 9.59 Å². The van der Waals surface area contributed by atoms with E-state index in [-0.39, 0.29) is 0 Å². The molecule has 0 saturated carbocycles. The van der Waals surface area contributed by atoms with E-state index in [1.54, 1.807) is 25.5 Å². The summed E-state index contributed by atoms with van der Waals surface area (Å²) in [5.41, 5.74) is -0.808. The number of rotatable bonds is 3. The van der Waals surface area contributed by atoms with E-state index < -0.39 is 33.9 Å². The van der Waals surface area contributed by atoms with E-state index in [4.69, 9.17) is 9.84 Å². The maximum absolute atomic E-state index is 11.6. The first-order valence-electron chi connectivity index (χ1n) is 5.94. The van der Waals surface area contributed by atoms with Crippen LogP contribution in [0.25, 0.3) is 0 Å². The van der Waals surface area contributed by atoms with Gasteiger partial charge in [-0.25, -0.2) is 22.7 Å². The molecule has 8 nitrogen and oxygen atoms in total. The Morgan fingerprint density at radius 1 is 1.40 bits per heavy atom. The van der Waals surface area contributed by atoms with Crippen molar-refractivity contribution >= 4 is 22.2 Å². The van der Waals surface area contributed by atoms with Crippen molar-refractivity contribution in [3.05, 3.63) is 11.5 Å². The Hall–Kier alpha value is -1.77. The van der Waals surface area contributed by atoms with Gasteiger partial charge in [0.25, 0.3) is 10.0 Å². The average molecular weight is 306 g/mol. The molecule has 0 radical (unpaired) electrons. The largest absolute Gasteiger partial charge is 0.465 e. The van der Waals surface area contributed by atoms with Crippen LogP contribution in [0.2, 0.25) is 0 Å². The fourth-order valence-corrected chi connectivity index (χ4v) is 2.22. The predicted octanol–water partition coefficient (Wildman–Crippen LogP) is 1.11. The molecule has 0 bridgehead atoms. The van der Waals surface area contributed by atoms with E-state index in [0.717, 1.165) is 10.3 Å². The second-order valence-corrected chi connectivity index (χ2v) is 6.88. The molecule has 0 spiro atoms. The minimum Gasteiger partial charge on any atom is -0.465 e. The summed E-state index contributed by atoms with van der Waals surface area (Å²) < 4.78 is 29.7. The Labute approximate surface area is 117 Å². The molecule has 0 aromatic rings. The van der Waals surface area contributed by atoms with E-state index in [2.05, 4.69) is 0 Å². The van der Waals surface area contributed by atoms with Gasteiger partial charge < -0.3 is 14.7 Å². The van der Waals surface area contributed by atoms with Crippen molar-refractivity contribution in [2.45, 2.75) is 38.8 Å². The molecule has 0 aromatic heterocycles. The SMILES string of the molecule is CC(C)(C)OC(=O)NS(=O)(=O)C=CC1CCN1C(=O)O. The lowest BCUT2D eigenvalue weighted by atomic mass is 10.1. The first-order chi connectivity index (χ1) is 9.00. The lowest BCUT2D eigenvalue weighted by Crippen LogP contribution is -2.49. The molecule has 114 valence electrons. The number of amides is 2. The Morgan fingerprint density at radius 2 is 2.00 bits per heavy atom. The van der Waals surface area contributed by atoms with Crippen LogP contribution >= 0.6 is 0 Å². The predicted molar refractivity (Wildman–Crippen MR) is 70.6 cm³/mol. The number of nitrogens with one attached hydrogen (secondary N) is 1. The summed E-state index contributed by atoms with van der Waals surface area (Å²) in [6, 6.07) is -0.484. The normalized spacial score (nSPS) is 19.6. The molecule has 1 unspecified atom stereocenters. The van der Waals surface area contributed by atoms with Gasteiger partial charge in [0.05, 0.1) is 6.04 Å². The smallest absolute Gasteiger partial charge is 0.421 e. The highest BCUT2D eigenvalue weighted by Crippen LogP contribution is 2.18. The molecule has 1 aliphatic heterocycles. The number of ether oxygens (including phenoxy) is 1. The minimum atomic E-state index is -4.00. The molecule has 1 aliphatic rings. The highest BCUT2D eigenvalue weighted by molar-refractivity contribution is 7.92. The third-order valence-corrected chi connectivity index (χ3v) is 3.38. The first-order valence-corrected chi connectivity index (χ1v) is 7.48. The van der Waals surface area contributed by atoms with Gasteiger partial charge in [-0.2, -0.15) is 0 Å². The monoisotopic (exact) mass is 306 g/mol. The van der Waals surface area contributed by atoms with Gasteiger partial charge >= 0.3 is 12.2 Å². The Kier molecular flexibility index (Phi) is 4.64. The van der Waals surface area contributed by atoms with Crippen LogP contribution in [-0.4, -0.2) is 48.8 Å². The molecule has 1 fully saturated rings. The van der Waals surface area contributed by atoms with Gasteiger partial charge in [0.2, 0.25) is 0 Å². The number of sulfonamides is 1. The van der Waals surface area contributed by atoms with Crippen molar-refractivity contribution in [2.75, 3.05) is 6.54 Å². The number of carbonyl (C=O) groups is 2. The maximum Gasteiger partial charge on any atom is 0.421 e. The number of hydrogen-bond acceptors (Lipinski definition) is 5. The third-order valence-electron chi connectivity index (χ3n) is 2.42. The molecule has 0 aromatic carbocycles. The summed E-state index contributed by atoms with van der Waals surface area (Å²) in [5, 5.41) is 9.53. The second-order valence-electron chi connectivity index (χ2n) is 5.31. The van der Waals surface area contributed by atoms with Crippen molar-refractivity contribution in [2.24, 2.45) is 0 Å². The standard InChI is InChI=1S/C11H18N2O6S/c1-11(2,3)19-9(14)12-20(17,18)7-5-8-4-6-13(8)10(15)16/h5,7-8H,4,6H2,1-3H3,(H,12,14)(H,15,16). The fourth-order valence-electron chi connectivity index (χ4n) is 1.49. The number of nitrogens with zero attached hydrogens (tertiary/aromatic N) is 1. The summed E-state index contributed by atoms with van der Waals surface area (Å²) in [6.45, 7) is 5.18. The van der Waals surface area contributed by atoms with Crippen molar-refractivity contribution in [1.82, 2.24) is 9.62 Å².